The van der Waals surface area contributed by atoms with Crippen LogP contribution in [-0.2, 0) is 0 Å². The van der Waals surface area contributed by atoms with Gasteiger partial charge in [0.05, 0.1) is 5.69 Å². The Morgan fingerprint density at radius 3 is 2.88 bits per heavy atom. The van der Waals surface area contributed by atoms with E-state index in [1.807, 2.05) is 0 Å². The Hall–Kier alpha value is -1.65. The number of anilines is 1. The molecule has 0 spiro atoms. The normalized spacial score (nSPS) is 23.3. The monoisotopic (exact) mass is 238 g/mol. The lowest BCUT2D eigenvalue weighted by atomic mass is 10.1. The molecule has 2 N–H and O–H groups in total. The molecule has 5 heteroatoms. The standard InChI is InChI=1S/C12H12F2N2O/c13-12(14)5-4-7(6-12)11-16-10-8(15)2-1-3-9(10)17-11/h1-3,7H,4-6,15H2. The van der Waals surface area contributed by atoms with Crippen LogP contribution >= 0.6 is 0 Å². The van der Waals surface area contributed by atoms with Gasteiger partial charge in [-0.2, -0.15) is 0 Å². The van der Waals surface area contributed by atoms with Crippen molar-refractivity contribution in [3.05, 3.63) is 24.1 Å². The van der Waals surface area contributed by atoms with Gasteiger partial charge >= 0.3 is 0 Å². The zero-order valence-corrected chi connectivity index (χ0v) is 9.12. The molecule has 0 bridgehead atoms. The van der Waals surface area contributed by atoms with Gasteiger partial charge in [-0.15, -0.1) is 0 Å². The summed E-state index contributed by atoms with van der Waals surface area (Å²) in [5.41, 5.74) is 7.40. The van der Waals surface area contributed by atoms with Gasteiger partial charge in [-0.1, -0.05) is 6.07 Å². The zero-order valence-electron chi connectivity index (χ0n) is 9.12. The van der Waals surface area contributed by atoms with Crippen molar-refractivity contribution < 1.29 is 13.2 Å². The summed E-state index contributed by atoms with van der Waals surface area (Å²) in [6.07, 6.45) is 0.144. The molecule has 3 rings (SSSR count). The Morgan fingerprint density at radius 2 is 2.24 bits per heavy atom. The Morgan fingerprint density at radius 1 is 1.41 bits per heavy atom. The molecule has 0 saturated heterocycles. The zero-order chi connectivity index (χ0) is 12.0. The second-order valence-corrected chi connectivity index (χ2v) is 4.54. The molecule has 90 valence electrons. The average Bonchev–Trinajstić information content (AvgIpc) is 2.82. The number of rotatable bonds is 1. The van der Waals surface area contributed by atoms with Crippen molar-refractivity contribution in [2.75, 3.05) is 5.73 Å². The minimum absolute atomic E-state index is 0.0914. The molecule has 1 saturated carbocycles. The van der Waals surface area contributed by atoms with E-state index in [-0.39, 0.29) is 18.8 Å². The SMILES string of the molecule is Nc1cccc2oc(C3CCC(F)(F)C3)nc12. The first-order chi connectivity index (χ1) is 8.05. The maximum Gasteiger partial charge on any atom is 0.248 e. The summed E-state index contributed by atoms with van der Waals surface area (Å²) >= 11 is 0. The highest BCUT2D eigenvalue weighted by molar-refractivity contribution is 5.85. The van der Waals surface area contributed by atoms with E-state index >= 15 is 0 Å². The summed E-state index contributed by atoms with van der Waals surface area (Å²) in [6, 6.07) is 5.23. The second kappa shape index (κ2) is 3.42. The molecule has 0 amide bonds. The van der Waals surface area contributed by atoms with Crippen molar-refractivity contribution in [3.8, 4) is 0 Å². The molecular formula is C12H12F2N2O. The van der Waals surface area contributed by atoms with Crippen molar-refractivity contribution in [1.29, 1.82) is 0 Å². The van der Waals surface area contributed by atoms with Crippen molar-refractivity contribution in [3.63, 3.8) is 0 Å². The smallest absolute Gasteiger partial charge is 0.248 e. The van der Waals surface area contributed by atoms with E-state index in [0.29, 0.717) is 29.1 Å². The van der Waals surface area contributed by atoms with Gasteiger partial charge in [0, 0.05) is 18.8 Å². The highest BCUT2D eigenvalue weighted by Gasteiger charge is 2.42. The van der Waals surface area contributed by atoms with Crippen LogP contribution in [0.4, 0.5) is 14.5 Å². The first-order valence-electron chi connectivity index (χ1n) is 5.58. The maximum absolute atomic E-state index is 13.1. The third-order valence-corrected chi connectivity index (χ3v) is 3.22. The first kappa shape index (κ1) is 10.5. The van der Waals surface area contributed by atoms with E-state index in [0.717, 1.165) is 0 Å². The van der Waals surface area contributed by atoms with Crippen LogP contribution in [0.15, 0.2) is 22.6 Å². The summed E-state index contributed by atoms with van der Waals surface area (Å²) in [6.45, 7) is 0. The van der Waals surface area contributed by atoms with Gasteiger partial charge < -0.3 is 10.2 Å². The van der Waals surface area contributed by atoms with Gasteiger partial charge in [-0.3, -0.25) is 0 Å². The number of nitrogens with two attached hydrogens (primary N) is 1. The minimum atomic E-state index is -2.59. The summed E-state index contributed by atoms with van der Waals surface area (Å²) < 4.78 is 31.7. The summed E-state index contributed by atoms with van der Waals surface area (Å²) in [7, 11) is 0. The third kappa shape index (κ3) is 1.75. The fourth-order valence-corrected chi connectivity index (χ4v) is 2.32. The molecule has 17 heavy (non-hydrogen) atoms. The molecule has 1 unspecified atom stereocenters. The van der Waals surface area contributed by atoms with Gasteiger partial charge in [0.15, 0.2) is 11.5 Å². The molecule has 1 aliphatic rings. The van der Waals surface area contributed by atoms with Crippen LogP contribution in [0.2, 0.25) is 0 Å². The lowest BCUT2D eigenvalue weighted by Crippen LogP contribution is -2.09. The quantitative estimate of drug-likeness (QED) is 0.775. The topological polar surface area (TPSA) is 52.0 Å². The number of fused-ring (bicyclic) bond motifs is 1. The number of benzene rings is 1. The number of halogens is 2. The van der Waals surface area contributed by atoms with Crippen LogP contribution in [0.3, 0.4) is 0 Å². The largest absolute Gasteiger partial charge is 0.440 e. The van der Waals surface area contributed by atoms with E-state index in [2.05, 4.69) is 4.98 Å². The number of alkyl halides is 2. The molecule has 1 fully saturated rings. The molecular weight excluding hydrogens is 226 g/mol. The summed E-state index contributed by atoms with van der Waals surface area (Å²) in [5.74, 6) is -2.50. The molecule has 0 radical (unpaired) electrons. The van der Waals surface area contributed by atoms with E-state index in [1.54, 1.807) is 18.2 Å². The van der Waals surface area contributed by atoms with Gasteiger partial charge in [0.25, 0.3) is 0 Å². The molecule has 3 nitrogen and oxygen atoms in total. The van der Waals surface area contributed by atoms with Gasteiger partial charge in [-0.25, -0.2) is 13.8 Å². The number of para-hydroxylation sites is 1. The second-order valence-electron chi connectivity index (χ2n) is 4.54. The molecule has 2 aromatic rings. The van der Waals surface area contributed by atoms with Crippen LogP contribution < -0.4 is 5.73 Å². The Bertz CT molecular complexity index is 565. The van der Waals surface area contributed by atoms with E-state index in [4.69, 9.17) is 10.2 Å². The van der Waals surface area contributed by atoms with E-state index < -0.39 is 5.92 Å². The molecule has 1 atom stereocenters. The van der Waals surface area contributed by atoms with Crippen molar-refractivity contribution in [2.24, 2.45) is 0 Å². The van der Waals surface area contributed by atoms with E-state index in [9.17, 15) is 8.78 Å². The first-order valence-corrected chi connectivity index (χ1v) is 5.58. The fraction of sp³-hybridized carbons (Fsp3) is 0.417. The van der Waals surface area contributed by atoms with Crippen LogP contribution in [-0.4, -0.2) is 10.9 Å². The third-order valence-electron chi connectivity index (χ3n) is 3.22. The Kier molecular flexibility index (Phi) is 2.11. The van der Waals surface area contributed by atoms with E-state index in [1.165, 1.54) is 0 Å². The lowest BCUT2D eigenvalue weighted by Gasteiger charge is -2.06. The highest BCUT2D eigenvalue weighted by Crippen LogP contribution is 2.44. The molecule has 1 aromatic carbocycles. The van der Waals surface area contributed by atoms with Crippen LogP contribution in [0.25, 0.3) is 11.1 Å². The predicted molar refractivity (Wildman–Crippen MR) is 60.0 cm³/mol. The lowest BCUT2D eigenvalue weighted by molar-refractivity contribution is 0.00709. The summed E-state index contributed by atoms with van der Waals surface area (Å²) in [4.78, 5) is 4.23. The van der Waals surface area contributed by atoms with Crippen molar-refractivity contribution in [2.45, 2.75) is 31.1 Å². The number of nitrogen functional groups attached to an aromatic ring is 1. The van der Waals surface area contributed by atoms with Crippen molar-refractivity contribution in [1.82, 2.24) is 4.98 Å². The minimum Gasteiger partial charge on any atom is -0.440 e. The molecule has 1 aliphatic carbocycles. The number of oxazole rings is 1. The Labute approximate surface area is 96.6 Å². The maximum atomic E-state index is 13.1. The van der Waals surface area contributed by atoms with Crippen molar-refractivity contribution >= 4 is 16.8 Å². The fourth-order valence-electron chi connectivity index (χ4n) is 2.32. The molecule has 0 aliphatic heterocycles. The van der Waals surface area contributed by atoms with Crippen LogP contribution in [0.1, 0.15) is 31.1 Å². The number of nitrogens with zero attached hydrogens (tertiary/aromatic N) is 1. The number of hydrogen-bond donors (Lipinski definition) is 1. The summed E-state index contributed by atoms with van der Waals surface area (Å²) in [5, 5.41) is 0. The van der Waals surface area contributed by atoms with Crippen LogP contribution in [0.5, 0.6) is 0 Å². The molecule has 1 heterocycles. The average molecular weight is 238 g/mol. The number of hydrogen-bond acceptors (Lipinski definition) is 3. The highest BCUT2D eigenvalue weighted by atomic mass is 19.3. The van der Waals surface area contributed by atoms with Gasteiger partial charge in [0.1, 0.15) is 5.52 Å². The number of aromatic nitrogens is 1. The van der Waals surface area contributed by atoms with Crippen LogP contribution in [0, 0.1) is 0 Å². The predicted octanol–water partition coefficient (Wildman–Crippen LogP) is 3.31. The van der Waals surface area contributed by atoms with Gasteiger partial charge in [-0.05, 0) is 18.6 Å². The molecule has 1 aromatic heterocycles. The van der Waals surface area contributed by atoms with Gasteiger partial charge in [0.2, 0.25) is 5.92 Å². The Balaban J connectivity index is 1.99.